The van der Waals surface area contributed by atoms with E-state index >= 15 is 0 Å². The Morgan fingerprint density at radius 1 is 0.318 bits per heavy atom. The third kappa shape index (κ3) is 60.7. The van der Waals surface area contributed by atoms with Crippen LogP contribution in [-0.2, 0) is 65.4 Å². The van der Waals surface area contributed by atoms with E-state index in [0.29, 0.717) is 31.6 Å². The van der Waals surface area contributed by atoms with Crippen molar-refractivity contribution in [2.75, 3.05) is 39.6 Å². The molecule has 0 aromatic carbocycles. The van der Waals surface area contributed by atoms with Gasteiger partial charge in [0.15, 0.2) is 12.2 Å². The van der Waals surface area contributed by atoms with Gasteiger partial charge in [-0.1, -0.05) is 279 Å². The predicted molar refractivity (Wildman–Crippen MR) is 340 cm³/mol. The van der Waals surface area contributed by atoms with Gasteiger partial charge in [0.1, 0.15) is 19.3 Å². The van der Waals surface area contributed by atoms with Crippen molar-refractivity contribution in [1.29, 1.82) is 0 Å². The molecule has 85 heavy (non-hydrogen) atoms. The molecule has 0 aliphatic rings. The van der Waals surface area contributed by atoms with Gasteiger partial charge in [-0.15, -0.1) is 0 Å². The highest BCUT2D eigenvalue weighted by atomic mass is 31.2. The molecule has 504 valence electrons. The van der Waals surface area contributed by atoms with Crippen LogP contribution in [0.3, 0.4) is 0 Å². The lowest BCUT2D eigenvalue weighted by Crippen LogP contribution is -2.30. The van der Waals surface area contributed by atoms with E-state index in [0.717, 1.165) is 109 Å². The first kappa shape index (κ1) is 83.1. The molecule has 0 saturated heterocycles. The number of rotatable bonds is 65. The number of phosphoric acid groups is 2. The van der Waals surface area contributed by atoms with E-state index in [9.17, 15) is 43.2 Å². The summed E-state index contributed by atoms with van der Waals surface area (Å²) in [5.74, 6) is -0.620. The van der Waals surface area contributed by atoms with Crippen LogP contribution >= 0.6 is 15.6 Å². The number of carbonyl (C=O) groups excluding carboxylic acids is 4. The van der Waals surface area contributed by atoms with Crippen molar-refractivity contribution in [2.24, 2.45) is 11.8 Å². The fraction of sp³-hybridized carbons (Fsp3) is 0.939. The summed E-state index contributed by atoms with van der Waals surface area (Å²) in [7, 11) is -9.88. The maximum absolute atomic E-state index is 13.0. The van der Waals surface area contributed by atoms with Crippen LogP contribution in [0.15, 0.2) is 0 Å². The molecule has 0 bridgehead atoms. The average Bonchev–Trinajstić information content (AvgIpc) is 3.57. The molecule has 0 aromatic rings. The van der Waals surface area contributed by atoms with Crippen LogP contribution in [0, 0.1) is 11.8 Å². The smallest absolute Gasteiger partial charge is 0.462 e. The molecule has 0 aromatic heterocycles. The Morgan fingerprint density at radius 2 is 0.541 bits per heavy atom. The number of carbonyl (C=O) groups is 4. The third-order valence-electron chi connectivity index (χ3n) is 15.2. The minimum absolute atomic E-state index is 0.105. The summed E-state index contributed by atoms with van der Waals surface area (Å²) < 4.78 is 67.8. The quantitative estimate of drug-likeness (QED) is 0.0222. The van der Waals surface area contributed by atoms with Gasteiger partial charge in [-0.3, -0.25) is 37.3 Å². The monoisotopic (exact) mass is 1250 g/mol. The lowest BCUT2D eigenvalue weighted by molar-refractivity contribution is -0.161. The maximum Gasteiger partial charge on any atom is 0.472 e. The normalized spacial score (nSPS) is 14.2. The van der Waals surface area contributed by atoms with E-state index in [1.165, 1.54) is 135 Å². The van der Waals surface area contributed by atoms with Gasteiger partial charge in [0, 0.05) is 25.7 Å². The number of ether oxygens (including phenoxy) is 4. The van der Waals surface area contributed by atoms with Crippen LogP contribution in [0.2, 0.25) is 0 Å². The Labute approximate surface area is 517 Å². The fourth-order valence-corrected chi connectivity index (χ4v) is 11.5. The Morgan fingerprint density at radius 3 is 0.800 bits per heavy atom. The van der Waals surface area contributed by atoms with Crippen LogP contribution in [-0.4, -0.2) is 96.7 Å². The van der Waals surface area contributed by atoms with Gasteiger partial charge >= 0.3 is 39.5 Å². The summed E-state index contributed by atoms with van der Waals surface area (Å²) in [6, 6.07) is 0. The number of hydrogen-bond acceptors (Lipinski definition) is 15. The molecule has 0 rings (SSSR count). The molecule has 0 aliphatic heterocycles. The number of phosphoric ester groups is 2. The zero-order chi connectivity index (χ0) is 62.9. The zero-order valence-electron chi connectivity index (χ0n) is 54.9. The highest BCUT2D eigenvalue weighted by Gasteiger charge is 2.30. The Bertz CT molecular complexity index is 1670. The first-order valence-electron chi connectivity index (χ1n) is 34.5. The molecule has 0 fully saturated rings. The van der Waals surface area contributed by atoms with Crippen molar-refractivity contribution >= 4 is 39.5 Å². The van der Waals surface area contributed by atoms with Gasteiger partial charge in [0.05, 0.1) is 26.4 Å². The molecule has 0 spiro atoms. The standard InChI is InChI=1S/C66H128O17P2/c1-7-9-11-13-14-25-31-38-44-50-65(70)82-61(54-76-63(68)48-42-34-12-10-8-2)56-80-84(72,73)78-52-60(67)53-79-85(74,75)81-57-62(55-77-64(69)49-43-37-33-28-30-36-41-47-59(5)6)83-66(71)51-45-39-32-27-24-22-20-18-16-15-17-19-21-23-26-29-35-40-46-58(3)4/h58-62,67H,7-57H2,1-6H3,(H,72,73)(H,74,75)/t60-,61+,62+/m0/s1. The van der Waals surface area contributed by atoms with Gasteiger partial charge in [-0.2, -0.15) is 0 Å². The lowest BCUT2D eigenvalue weighted by Gasteiger charge is -2.21. The van der Waals surface area contributed by atoms with E-state index in [1.54, 1.807) is 0 Å². The lowest BCUT2D eigenvalue weighted by atomic mass is 10.0. The second kappa shape index (κ2) is 58.4. The molecule has 0 heterocycles. The molecular formula is C66H128O17P2. The molecule has 0 saturated carbocycles. The fourth-order valence-electron chi connectivity index (χ4n) is 9.88. The van der Waals surface area contributed by atoms with Crippen molar-refractivity contribution in [1.82, 2.24) is 0 Å². The van der Waals surface area contributed by atoms with Crippen LogP contribution in [0.5, 0.6) is 0 Å². The van der Waals surface area contributed by atoms with Crippen molar-refractivity contribution in [3.8, 4) is 0 Å². The highest BCUT2D eigenvalue weighted by molar-refractivity contribution is 7.47. The summed E-state index contributed by atoms with van der Waals surface area (Å²) in [5.41, 5.74) is 0. The van der Waals surface area contributed by atoms with E-state index in [-0.39, 0.29) is 25.7 Å². The van der Waals surface area contributed by atoms with Crippen LogP contribution < -0.4 is 0 Å². The molecule has 19 heteroatoms. The summed E-state index contributed by atoms with van der Waals surface area (Å²) in [6.45, 7) is 9.38. The van der Waals surface area contributed by atoms with E-state index in [4.69, 9.17) is 37.0 Å². The number of hydrogen-bond donors (Lipinski definition) is 3. The molecule has 0 radical (unpaired) electrons. The molecule has 3 N–H and O–H groups in total. The summed E-state index contributed by atoms with van der Waals surface area (Å²) in [4.78, 5) is 71.9. The Hall–Kier alpha value is -1.94. The third-order valence-corrected chi connectivity index (χ3v) is 17.1. The van der Waals surface area contributed by atoms with E-state index in [2.05, 4.69) is 41.5 Å². The second-order valence-electron chi connectivity index (χ2n) is 24.8. The van der Waals surface area contributed by atoms with Crippen molar-refractivity contribution in [3.63, 3.8) is 0 Å². The Kier molecular flexibility index (Phi) is 57.1. The van der Waals surface area contributed by atoms with Crippen molar-refractivity contribution in [3.05, 3.63) is 0 Å². The second-order valence-corrected chi connectivity index (χ2v) is 27.7. The molecule has 5 atom stereocenters. The molecule has 0 aliphatic carbocycles. The minimum Gasteiger partial charge on any atom is -0.462 e. The van der Waals surface area contributed by atoms with Gasteiger partial charge in [-0.05, 0) is 37.5 Å². The van der Waals surface area contributed by atoms with Gasteiger partial charge in [0.2, 0.25) is 0 Å². The van der Waals surface area contributed by atoms with E-state index < -0.39 is 97.5 Å². The largest absolute Gasteiger partial charge is 0.472 e. The molecule has 0 amide bonds. The Balaban J connectivity index is 5.07. The number of unbranched alkanes of at least 4 members (excludes halogenated alkanes) is 35. The zero-order valence-corrected chi connectivity index (χ0v) is 56.7. The van der Waals surface area contributed by atoms with Gasteiger partial charge < -0.3 is 33.8 Å². The topological polar surface area (TPSA) is 237 Å². The van der Waals surface area contributed by atoms with Crippen molar-refractivity contribution < 1.29 is 80.2 Å². The van der Waals surface area contributed by atoms with Crippen molar-refractivity contribution in [2.45, 2.75) is 349 Å². The average molecular weight is 1260 g/mol. The molecule has 2 unspecified atom stereocenters. The summed E-state index contributed by atoms with van der Waals surface area (Å²) in [6.07, 6.45) is 42.3. The predicted octanol–water partition coefficient (Wildman–Crippen LogP) is 18.4. The highest BCUT2D eigenvalue weighted by Crippen LogP contribution is 2.45. The summed E-state index contributed by atoms with van der Waals surface area (Å²) >= 11 is 0. The number of aliphatic hydroxyl groups is 1. The SMILES string of the molecule is CCCCCCCCCCCC(=O)O[C@H](COC(=O)CCCCCCC)COP(=O)(O)OC[C@H](O)COP(=O)(O)OC[C@@H](COC(=O)CCCCCCCCCC(C)C)OC(=O)CCCCCCCCCCCCCCCCCCCCC(C)C. The maximum atomic E-state index is 13.0. The number of esters is 4. The first-order valence-corrected chi connectivity index (χ1v) is 37.5. The first-order chi connectivity index (χ1) is 40.9. The molecular weight excluding hydrogens is 1130 g/mol. The van der Waals surface area contributed by atoms with Crippen LogP contribution in [0.25, 0.3) is 0 Å². The van der Waals surface area contributed by atoms with Crippen LogP contribution in [0.4, 0.5) is 0 Å². The minimum atomic E-state index is -4.94. The number of aliphatic hydroxyl groups excluding tert-OH is 1. The molecule has 17 nitrogen and oxygen atoms in total. The summed E-state index contributed by atoms with van der Waals surface area (Å²) in [5, 5.41) is 10.5. The van der Waals surface area contributed by atoms with Crippen LogP contribution in [0.1, 0.15) is 330 Å². The van der Waals surface area contributed by atoms with E-state index in [1.807, 2.05) is 0 Å². The van der Waals surface area contributed by atoms with Gasteiger partial charge in [-0.25, -0.2) is 9.13 Å². The van der Waals surface area contributed by atoms with Gasteiger partial charge in [0.25, 0.3) is 0 Å².